The summed E-state index contributed by atoms with van der Waals surface area (Å²) in [7, 11) is 0. The van der Waals surface area contributed by atoms with Crippen LogP contribution in [-0.2, 0) is 0 Å². The number of para-hydroxylation sites is 1. The largest absolute Gasteiger partial charge is 0.464 e. The first kappa shape index (κ1) is 21.6. The Balaban J connectivity index is 1.40. The molecule has 0 amide bonds. The van der Waals surface area contributed by atoms with Crippen molar-refractivity contribution in [3.05, 3.63) is 134 Å². The third-order valence-corrected chi connectivity index (χ3v) is 8.31. The van der Waals surface area contributed by atoms with Crippen LogP contribution in [0, 0.1) is 0 Å². The fourth-order valence-electron chi connectivity index (χ4n) is 6.51. The zero-order valence-corrected chi connectivity index (χ0v) is 21.5. The van der Waals surface area contributed by atoms with E-state index in [4.69, 9.17) is 8.83 Å². The Bertz CT molecular complexity index is 2380. The molecule has 0 saturated heterocycles. The van der Waals surface area contributed by atoms with E-state index in [0.29, 0.717) is 0 Å². The van der Waals surface area contributed by atoms with Crippen LogP contribution in [0.2, 0.25) is 0 Å². The zero-order chi connectivity index (χ0) is 26.2. The number of fused-ring (bicyclic) bond motifs is 7. The normalized spacial score (nSPS) is 12.0. The Hall–Kier alpha value is -5.34. The van der Waals surface area contributed by atoms with Crippen LogP contribution >= 0.6 is 0 Å². The summed E-state index contributed by atoms with van der Waals surface area (Å²) in [6.07, 6.45) is 1.91. The van der Waals surface area contributed by atoms with Crippen molar-refractivity contribution in [2.45, 2.75) is 0 Å². The van der Waals surface area contributed by atoms with Gasteiger partial charge in [0.05, 0.1) is 6.26 Å². The van der Waals surface area contributed by atoms with E-state index in [9.17, 15) is 0 Å². The minimum atomic E-state index is 0.827. The second kappa shape index (κ2) is 8.08. The van der Waals surface area contributed by atoms with Gasteiger partial charge in [-0.1, -0.05) is 103 Å². The molecule has 0 spiro atoms. The maximum Gasteiger partial charge on any atom is 0.139 e. The Kier molecular flexibility index (Phi) is 4.36. The van der Waals surface area contributed by atoms with Crippen molar-refractivity contribution in [3.63, 3.8) is 0 Å². The first-order valence-electron chi connectivity index (χ1n) is 13.6. The molecule has 0 radical (unpaired) electrons. The van der Waals surface area contributed by atoms with Crippen molar-refractivity contribution in [1.82, 2.24) is 0 Å². The Morgan fingerprint density at radius 3 is 1.75 bits per heavy atom. The third-order valence-electron chi connectivity index (χ3n) is 8.31. The molecular weight excluding hydrogens is 488 g/mol. The molecule has 0 aliphatic rings. The van der Waals surface area contributed by atoms with Crippen LogP contribution in [0.15, 0.2) is 142 Å². The highest BCUT2D eigenvalue weighted by Gasteiger charge is 2.20. The summed E-state index contributed by atoms with van der Waals surface area (Å²) < 4.78 is 12.4. The summed E-state index contributed by atoms with van der Waals surface area (Å²) in [6, 6.07) is 45.4. The molecule has 0 aliphatic carbocycles. The molecule has 40 heavy (non-hydrogen) atoms. The molecular formula is C38H22O2. The molecule has 0 bridgehead atoms. The molecule has 2 heteroatoms. The fraction of sp³-hybridized carbons (Fsp3) is 0. The second-order valence-corrected chi connectivity index (χ2v) is 10.5. The second-order valence-electron chi connectivity index (χ2n) is 10.5. The van der Waals surface area contributed by atoms with E-state index in [1.165, 1.54) is 49.0 Å². The first-order chi connectivity index (χ1) is 19.8. The van der Waals surface area contributed by atoms with Gasteiger partial charge in [0, 0.05) is 33.4 Å². The van der Waals surface area contributed by atoms with Gasteiger partial charge in [-0.3, -0.25) is 0 Å². The minimum absolute atomic E-state index is 0.827. The quantitative estimate of drug-likeness (QED) is 0.216. The molecule has 0 N–H and O–H groups in total. The maximum absolute atomic E-state index is 6.21. The van der Waals surface area contributed by atoms with Crippen LogP contribution in [0.3, 0.4) is 0 Å². The van der Waals surface area contributed by atoms with Crippen molar-refractivity contribution in [1.29, 1.82) is 0 Å². The Morgan fingerprint density at radius 2 is 1.00 bits per heavy atom. The zero-order valence-electron chi connectivity index (χ0n) is 21.5. The molecule has 186 valence electrons. The molecule has 0 unspecified atom stereocenters. The summed E-state index contributed by atoms with van der Waals surface area (Å²) in [4.78, 5) is 0. The number of furan rings is 2. The van der Waals surface area contributed by atoms with Gasteiger partial charge in [-0.2, -0.15) is 0 Å². The molecule has 0 fully saturated rings. The van der Waals surface area contributed by atoms with Crippen LogP contribution in [-0.4, -0.2) is 0 Å². The van der Waals surface area contributed by atoms with E-state index in [1.807, 2.05) is 24.5 Å². The Morgan fingerprint density at radius 1 is 0.375 bits per heavy atom. The average Bonchev–Trinajstić information content (AvgIpc) is 3.59. The average molecular weight is 511 g/mol. The van der Waals surface area contributed by atoms with Crippen LogP contribution in [0.25, 0.3) is 87.5 Å². The van der Waals surface area contributed by atoms with Crippen LogP contribution in [0.1, 0.15) is 0 Å². The summed E-state index contributed by atoms with van der Waals surface area (Å²) in [5.41, 5.74) is 7.34. The van der Waals surface area contributed by atoms with Crippen molar-refractivity contribution in [2.24, 2.45) is 0 Å². The van der Waals surface area contributed by atoms with Crippen molar-refractivity contribution >= 4 is 65.2 Å². The highest BCUT2D eigenvalue weighted by atomic mass is 16.3. The number of benzene rings is 7. The molecule has 7 aromatic carbocycles. The highest BCUT2D eigenvalue weighted by molar-refractivity contribution is 6.24. The lowest BCUT2D eigenvalue weighted by atomic mass is 9.85. The van der Waals surface area contributed by atoms with Crippen molar-refractivity contribution in [3.8, 4) is 22.3 Å². The summed E-state index contributed by atoms with van der Waals surface area (Å²) in [6.45, 7) is 0. The maximum atomic E-state index is 6.21. The van der Waals surface area contributed by atoms with E-state index in [-0.39, 0.29) is 0 Å². The standard InChI is InChI=1S/C38H22O2/c1-2-10-24-19-25(18-17-23(24)9-1)37-27-12-3-5-14-29(27)38(30-15-6-4-13-28(30)37)33-22-39-35-21-36-31(20-32(33)35)26-11-7-8-16-34(26)40-36/h1-22H. The highest BCUT2D eigenvalue weighted by Crippen LogP contribution is 2.47. The first-order valence-corrected chi connectivity index (χ1v) is 13.6. The summed E-state index contributed by atoms with van der Waals surface area (Å²) >= 11 is 0. The topological polar surface area (TPSA) is 26.3 Å². The van der Waals surface area contributed by atoms with Gasteiger partial charge in [-0.15, -0.1) is 0 Å². The SMILES string of the molecule is c1ccc2cc(-c3c4ccccc4c(-c4coc5cc6oc7ccccc7c6cc45)c4ccccc34)ccc2c1. The number of hydrogen-bond acceptors (Lipinski definition) is 2. The monoisotopic (exact) mass is 510 g/mol. The van der Waals surface area contributed by atoms with Gasteiger partial charge in [0.15, 0.2) is 0 Å². The van der Waals surface area contributed by atoms with Gasteiger partial charge in [0.2, 0.25) is 0 Å². The van der Waals surface area contributed by atoms with Gasteiger partial charge >= 0.3 is 0 Å². The number of rotatable bonds is 2. The number of hydrogen-bond donors (Lipinski definition) is 0. The van der Waals surface area contributed by atoms with Gasteiger partial charge in [-0.25, -0.2) is 0 Å². The van der Waals surface area contributed by atoms with Gasteiger partial charge < -0.3 is 8.83 Å². The molecule has 0 atom stereocenters. The van der Waals surface area contributed by atoms with Crippen LogP contribution in [0.5, 0.6) is 0 Å². The smallest absolute Gasteiger partial charge is 0.139 e. The van der Waals surface area contributed by atoms with Gasteiger partial charge in [0.1, 0.15) is 16.7 Å². The lowest BCUT2D eigenvalue weighted by Gasteiger charge is -2.17. The van der Waals surface area contributed by atoms with E-state index in [1.54, 1.807) is 0 Å². The van der Waals surface area contributed by atoms with Gasteiger partial charge in [-0.05, 0) is 61.6 Å². The summed E-state index contributed by atoms with van der Waals surface area (Å²) in [5, 5.41) is 10.7. The molecule has 0 aliphatic heterocycles. The molecule has 9 aromatic rings. The molecule has 0 saturated carbocycles. The van der Waals surface area contributed by atoms with Gasteiger partial charge in [0.25, 0.3) is 0 Å². The van der Waals surface area contributed by atoms with Crippen LogP contribution < -0.4 is 0 Å². The van der Waals surface area contributed by atoms with Crippen LogP contribution in [0.4, 0.5) is 0 Å². The van der Waals surface area contributed by atoms with Crippen molar-refractivity contribution < 1.29 is 8.83 Å². The summed E-state index contributed by atoms with van der Waals surface area (Å²) in [5.74, 6) is 0. The molecule has 2 aromatic heterocycles. The minimum Gasteiger partial charge on any atom is -0.464 e. The predicted octanol–water partition coefficient (Wildman–Crippen LogP) is 11.1. The Labute approximate surface area is 229 Å². The molecule has 9 rings (SSSR count). The fourth-order valence-corrected chi connectivity index (χ4v) is 6.51. The molecule has 2 nitrogen and oxygen atoms in total. The van der Waals surface area contributed by atoms with E-state index in [2.05, 4.69) is 109 Å². The molecule has 2 heterocycles. The van der Waals surface area contributed by atoms with E-state index < -0.39 is 0 Å². The lowest BCUT2D eigenvalue weighted by molar-refractivity contribution is 0.614. The lowest BCUT2D eigenvalue weighted by Crippen LogP contribution is -1.90. The predicted molar refractivity (Wildman–Crippen MR) is 167 cm³/mol. The van der Waals surface area contributed by atoms with E-state index in [0.717, 1.165) is 38.5 Å². The van der Waals surface area contributed by atoms with E-state index >= 15 is 0 Å². The van der Waals surface area contributed by atoms with Crippen molar-refractivity contribution in [2.75, 3.05) is 0 Å². The third kappa shape index (κ3) is 2.99.